The van der Waals surface area contributed by atoms with Gasteiger partial charge in [0, 0.05) is 5.92 Å². The summed E-state index contributed by atoms with van der Waals surface area (Å²) < 4.78 is 0. The maximum absolute atomic E-state index is 2.35. The molecule has 1 aliphatic carbocycles. The summed E-state index contributed by atoms with van der Waals surface area (Å²) in [5, 5.41) is 0. The van der Waals surface area contributed by atoms with Crippen LogP contribution in [0.1, 0.15) is 33.6 Å². The van der Waals surface area contributed by atoms with Crippen molar-refractivity contribution in [1.82, 2.24) is 0 Å². The summed E-state index contributed by atoms with van der Waals surface area (Å²) in [5.41, 5.74) is 1.49. The van der Waals surface area contributed by atoms with Gasteiger partial charge in [-0.25, -0.2) is 0 Å². The Labute approximate surface area is 70.0 Å². The Morgan fingerprint density at radius 2 is 2.09 bits per heavy atom. The molecule has 0 fully saturated rings. The summed E-state index contributed by atoms with van der Waals surface area (Å²) in [4.78, 5) is 0. The van der Waals surface area contributed by atoms with Crippen molar-refractivity contribution in [3.63, 3.8) is 0 Å². The molecule has 1 radical (unpaired) electrons. The van der Waals surface area contributed by atoms with Crippen molar-refractivity contribution in [3.05, 3.63) is 29.7 Å². The Hall–Kier alpha value is -0.520. The van der Waals surface area contributed by atoms with Crippen LogP contribution in [0.5, 0.6) is 0 Å². The lowest BCUT2D eigenvalue weighted by atomic mass is 9.90. The molecule has 1 rings (SSSR count). The standard InChI is InChI=1S/C11H17/c1-4-10-5-7-11(8-6-10)9(2)3/h5,7-9H,4,6H2,1-3H3. The Balaban J connectivity index is 2.53. The molecule has 0 aliphatic heterocycles. The van der Waals surface area contributed by atoms with Crippen LogP contribution < -0.4 is 0 Å². The SMILES string of the molecule is CC[C]1C=CC(C(C)C)=CC1. The molecule has 0 amide bonds. The minimum atomic E-state index is 0.685. The summed E-state index contributed by atoms with van der Waals surface area (Å²) in [6.07, 6.45) is 9.24. The molecule has 61 valence electrons. The largest absolute Gasteiger partial charge is 0.0802 e. The summed E-state index contributed by atoms with van der Waals surface area (Å²) in [6.45, 7) is 6.70. The van der Waals surface area contributed by atoms with Gasteiger partial charge in [-0.2, -0.15) is 0 Å². The highest BCUT2D eigenvalue weighted by Crippen LogP contribution is 2.24. The van der Waals surface area contributed by atoms with E-state index in [-0.39, 0.29) is 0 Å². The van der Waals surface area contributed by atoms with Crippen molar-refractivity contribution < 1.29 is 0 Å². The molecule has 0 aromatic rings. The molecule has 0 heteroatoms. The normalized spacial score (nSPS) is 19.1. The van der Waals surface area contributed by atoms with Gasteiger partial charge in [0.25, 0.3) is 0 Å². The van der Waals surface area contributed by atoms with Gasteiger partial charge in [0.15, 0.2) is 0 Å². The van der Waals surface area contributed by atoms with Gasteiger partial charge < -0.3 is 0 Å². The molecule has 0 aromatic carbocycles. The summed E-state index contributed by atoms with van der Waals surface area (Å²) >= 11 is 0. The summed E-state index contributed by atoms with van der Waals surface area (Å²) in [6, 6.07) is 0. The van der Waals surface area contributed by atoms with E-state index in [0.29, 0.717) is 5.92 Å². The fourth-order valence-corrected chi connectivity index (χ4v) is 1.29. The van der Waals surface area contributed by atoms with Crippen LogP contribution >= 0.6 is 0 Å². The van der Waals surface area contributed by atoms with E-state index in [4.69, 9.17) is 0 Å². The number of hydrogen-bond acceptors (Lipinski definition) is 0. The van der Waals surface area contributed by atoms with Gasteiger partial charge in [0.2, 0.25) is 0 Å². The first-order chi connectivity index (χ1) is 5.24. The van der Waals surface area contributed by atoms with Gasteiger partial charge in [-0.1, -0.05) is 39.0 Å². The van der Waals surface area contributed by atoms with Gasteiger partial charge in [0.05, 0.1) is 0 Å². The molecule has 0 spiro atoms. The lowest BCUT2D eigenvalue weighted by molar-refractivity contribution is 0.769. The quantitative estimate of drug-likeness (QED) is 0.563. The summed E-state index contributed by atoms with van der Waals surface area (Å²) in [5.74, 6) is 2.24. The van der Waals surface area contributed by atoms with Gasteiger partial charge in [-0.15, -0.1) is 0 Å². The molecule has 0 aromatic heterocycles. The van der Waals surface area contributed by atoms with Crippen molar-refractivity contribution in [1.29, 1.82) is 0 Å². The lowest BCUT2D eigenvalue weighted by Crippen LogP contribution is -1.99. The van der Waals surface area contributed by atoms with Crippen molar-refractivity contribution in [3.8, 4) is 0 Å². The topological polar surface area (TPSA) is 0 Å². The fourth-order valence-electron chi connectivity index (χ4n) is 1.29. The van der Waals surface area contributed by atoms with Crippen molar-refractivity contribution in [2.75, 3.05) is 0 Å². The van der Waals surface area contributed by atoms with E-state index in [1.165, 1.54) is 18.4 Å². The Kier molecular flexibility index (Phi) is 2.92. The van der Waals surface area contributed by atoms with Crippen molar-refractivity contribution in [2.24, 2.45) is 5.92 Å². The molecule has 0 heterocycles. The fraction of sp³-hybridized carbons (Fsp3) is 0.545. The molecule has 0 saturated carbocycles. The molecular weight excluding hydrogens is 132 g/mol. The maximum Gasteiger partial charge on any atom is 0.00109 e. The zero-order chi connectivity index (χ0) is 8.27. The smallest absolute Gasteiger partial charge is 0.00109 e. The first-order valence-electron chi connectivity index (χ1n) is 4.47. The van der Waals surface area contributed by atoms with Crippen molar-refractivity contribution >= 4 is 0 Å². The third-order valence-electron chi connectivity index (χ3n) is 2.23. The zero-order valence-corrected chi connectivity index (χ0v) is 7.72. The minimum Gasteiger partial charge on any atom is -0.0802 e. The third-order valence-corrected chi connectivity index (χ3v) is 2.23. The minimum absolute atomic E-state index is 0.685. The van der Waals surface area contributed by atoms with E-state index >= 15 is 0 Å². The van der Waals surface area contributed by atoms with Crippen LogP contribution in [-0.2, 0) is 0 Å². The van der Waals surface area contributed by atoms with Gasteiger partial charge in [-0.3, -0.25) is 0 Å². The van der Waals surface area contributed by atoms with Crippen LogP contribution in [0.3, 0.4) is 0 Å². The van der Waals surface area contributed by atoms with E-state index in [1.54, 1.807) is 5.92 Å². The van der Waals surface area contributed by atoms with Crippen LogP contribution in [0.25, 0.3) is 0 Å². The van der Waals surface area contributed by atoms with Gasteiger partial charge >= 0.3 is 0 Å². The van der Waals surface area contributed by atoms with E-state index in [0.717, 1.165) is 0 Å². The van der Waals surface area contributed by atoms with Crippen LogP contribution in [0.4, 0.5) is 0 Å². The lowest BCUT2D eigenvalue weighted by Gasteiger charge is -2.15. The highest BCUT2D eigenvalue weighted by Gasteiger charge is 2.08. The number of hydrogen-bond donors (Lipinski definition) is 0. The Bertz CT molecular complexity index is 172. The number of rotatable bonds is 2. The molecule has 1 aliphatic rings. The van der Waals surface area contributed by atoms with Gasteiger partial charge in [-0.05, 0) is 24.3 Å². The van der Waals surface area contributed by atoms with Crippen LogP contribution in [-0.4, -0.2) is 0 Å². The molecular formula is C11H17. The molecule has 0 N–H and O–H groups in total. The summed E-state index contributed by atoms with van der Waals surface area (Å²) in [7, 11) is 0. The average Bonchev–Trinajstić information content (AvgIpc) is 2.05. The highest BCUT2D eigenvalue weighted by molar-refractivity contribution is 5.32. The Morgan fingerprint density at radius 1 is 1.36 bits per heavy atom. The highest BCUT2D eigenvalue weighted by atomic mass is 14.1. The van der Waals surface area contributed by atoms with Crippen molar-refractivity contribution in [2.45, 2.75) is 33.6 Å². The second-order valence-electron chi connectivity index (χ2n) is 3.41. The number of allylic oxidation sites excluding steroid dienone is 4. The van der Waals surface area contributed by atoms with E-state index in [2.05, 4.69) is 39.0 Å². The zero-order valence-electron chi connectivity index (χ0n) is 7.72. The molecule has 0 unspecified atom stereocenters. The molecule has 0 atom stereocenters. The third kappa shape index (κ3) is 2.21. The van der Waals surface area contributed by atoms with Gasteiger partial charge in [0.1, 0.15) is 0 Å². The molecule has 11 heavy (non-hydrogen) atoms. The van der Waals surface area contributed by atoms with Crippen LogP contribution in [0.2, 0.25) is 0 Å². The molecule has 0 bridgehead atoms. The predicted octanol–water partition coefficient (Wildman–Crippen LogP) is 3.51. The maximum atomic E-state index is 2.35. The Morgan fingerprint density at radius 3 is 2.45 bits per heavy atom. The van der Waals surface area contributed by atoms with Crippen LogP contribution in [0, 0.1) is 11.8 Å². The molecule has 0 nitrogen and oxygen atoms in total. The second kappa shape index (κ2) is 3.75. The van der Waals surface area contributed by atoms with E-state index < -0.39 is 0 Å². The predicted molar refractivity (Wildman–Crippen MR) is 50.2 cm³/mol. The first kappa shape index (κ1) is 8.58. The molecule has 0 saturated heterocycles. The van der Waals surface area contributed by atoms with E-state index in [9.17, 15) is 0 Å². The first-order valence-corrected chi connectivity index (χ1v) is 4.47. The van der Waals surface area contributed by atoms with Crippen LogP contribution in [0.15, 0.2) is 23.8 Å². The average molecular weight is 149 g/mol. The monoisotopic (exact) mass is 149 g/mol. The second-order valence-corrected chi connectivity index (χ2v) is 3.41. The van der Waals surface area contributed by atoms with E-state index in [1.807, 2.05) is 0 Å².